The van der Waals surface area contributed by atoms with Crippen molar-refractivity contribution in [2.24, 2.45) is 0 Å². The second-order valence-corrected chi connectivity index (χ2v) is 4.42. The van der Waals surface area contributed by atoms with E-state index in [2.05, 4.69) is 5.32 Å². The van der Waals surface area contributed by atoms with Gasteiger partial charge in [0.05, 0.1) is 6.42 Å². The largest absolute Gasteiger partial charge is 0.484 e. The van der Waals surface area contributed by atoms with Crippen molar-refractivity contribution in [2.75, 3.05) is 11.9 Å². The van der Waals surface area contributed by atoms with Crippen LogP contribution in [0.5, 0.6) is 5.75 Å². The molecule has 0 unspecified atom stereocenters. The van der Waals surface area contributed by atoms with Crippen LogP contribution in [0.3, 0.4) is 0 Å². The molecule has 2 aromatic rings. The number of para-hydroxylation sites is 1. The Hall–Kier alpha value is -2.82. The summed E-state index contributed by atoms with van der Waals surface area (Å²) in [6, 6.07) is 15.8. The first-order valence-corrected chi connectivity index (χ1v) is 6.42. The molecule has 0 bridgehead atoms. The number of carbonyl (C=O) groups is 2. The van der Waals surface area contributed by atoms with Gasteiger partial charge in [-0.2, -0.15) is 0 Å². The minimum Gasteiger partial charge on any atom is -0.484 e. The van der Waals surface area contributed by atoms with Gasteiger partial charge in [0.1, 0.15) is 5.75 Å². The molecule has 108 valence electrons. The third kappa shape index (κ3) is 4.99. The number of ether oxygens (including phenoxy) is 1. The van der Waals surface area contributed by atoms with Crippen LogP contribution in [0.25, 0.3) is 0 Å². The van der Waals surface area contributed by atoms with Gasteiger partial charge in [-0.3, -0.25) is 9.59 Å². The zero-order valence-corrected chi connectivity index (χ0v) is 11.3. The van der Waals surface area contributed by atoms with Gasteiger partial charge in [-0.05, 0) is 29.8 Å². The van der Waals surface area contributed by atoms with Crippen molar-refractivity contribution in [1.82, 2.24) is 0 Å². The fraction of sp³-hybridized carbons (Fsp3) is 0.125. The molecule has 2 N–H and O–H groups in total. The molecular formula is C16H15NO4. The van der Waals surface area contributed by atoms with Crippen molar-refractivity contribution in [3.05, 3.63) is 60.2 Å². The highest BCUT2D eigenvalue weighted by molar-refractivity contribution is 5.92. The van der Waals surface area contributed by atoms with Gasteiger partial charge >= 0.3 is 5.97 Å². The highest BCUT2D eigenvalue weighted by atomic mass is 16.5. The predicted molar refractivity (Wildman–Crippen MR) is 78.3 cm³/mol. The maximum atomic E-state index is 11.8. The Kier molecular flexibility index (Phi) is 4.93. The number of rotatable bonds is 6. The summed E-state index contributed by atoms with van der Waals surface area (Å²) in [5.74, 6) is -0.593. The van der Waals surface area contributed by atoms with E-state index >= 15 is 0 Å². The van der Waals surface area contributed by atoms with E-state index in [0.29, 0.717) is 17.0 Å². The molecule has 5 heteroatoms. The Morgan fingerprint density at radius 1 is 1.05 bits per heavy atom. The molecule has 0 atom stereocenters. The highest BCUT2D eigenvalue weighted by Crippen LogP contribution is 2.12. The molecule has 0 fully saturated rings. The molecule has 0 radical (unpaired) electrons. The van der Waals surface area contributed by atoms with E-state index < -0.39 is 5.97 Å². The first kappa shape index (κ1) is 14.6. The van der Waals surface area contributed by atoms with Crippen LogP contribution < -0.4 is 10.1 Å². The first-order valence-electron chi connectivity index (χ1n) is 6.42. The Morgan fingerprint density at radius 3 is 2.52 bits per heavy atom. The topological polar surface area (TPSA) is 75.6 Å². The first-order chi connectivity index (χ1) is 10.1. The van der Waals surface area contributed by atoms with Crippen LogP contribution in [0.1, 0.15) is 5.56 Å². The second kappa shape index (κ2) is 7.09. The van der Waals surface area contributed by atoms with E-state index in [0.717, 1.165) is 0 Å². The SMILES string of the molecule is O=C(O)Cc1cccc(NC(=O)COc2ccccc2)c1. The average molecular weight is 285 g/mol. The molecule has 5 nitrogen and oxygen atoms in total. The Labute approximate surface area is 122 Å². The fourth-order valence-electron chi connectivity index (χ4n) is 1.80. The molecule has 0 heterocycles. The summed E-state index contributed by atoms with van der Waals surface area (Å²) in [6.45, 7) is -0.104. The van der Waals surface area contributed by atoms with Crippen molar-refractivity contribution in [2.45, 2.75) is 6.42 Å². The molecule has 1 amide bonds. The lowest BCUT2D eigenvalue weighted by molar-refractivity contribution is -0.136. The normalized spacial score (nSPS) is 9.90. The van der Waals surface area contributed by atoms with Crippen LogP contribution in [0.2, 0.25) is 0 Å². The van der Waals surface area contributed by atoms with Crippen LogP contribution in [0.15, 0.2) is 54.6 Å². The number of amides is 1. The van der Waals surface area contributed by atoms with E-state index in [9.17, 15) is 9.59 Å². The molecule has 0 aliphatic rings. The molecule has 21 heavy (non-hydrogen) atoms. The van der Waals surface area contributed by atoms with Gasteiger partial charge in [-0.1, -0.05) is 30.3 Å². The van der Waals surface area contributed by atoms with Gasteiger partial charge in [-0.25, -0.2) is 0 Å². The summed E-state index contributed by atoms with van der Waals surface area (Å²) in [7, 11) is 0. The van der Waals surface area contributed by atoms with Crippen LogP contribution >= 0.6 is 0 Å². The number of carbonyl (C=O) groups excluding carboxylic acids is 1. The van der Waals surface area contributed by atoms with Crippen molar-refractivity contribution in [3.63, 3.8) is 0 Å². The fourth-order valence-corrected chi connectivity index (χ4v) is 1.80. The number of hydrogen-bond acceptors (Lipinski definition) is 3. The highest BCUT2D eigenvalue weighted by Gasteiger charge is 2.05. The molecule has 0 aromatic heterocycles. The number of carboxylic acids is 1. The molecule has 0 aliphatic heterocycles. The molecule has 0 saturated carbocycles. The van der Waals surface area contributed by atoms with E-state index in [4.69, 9.17) is 9.84 Å². The average Bonchev–Trinajstić information content (AvgIpc) is 2.46. The number of carboxylic acid groups (broad SMARTS) is 1. The zero-order valence-electron chi connectivity index (χ0n) is 11.3. The van der Waals surface area contributed by atoms with Gasteiger partial charge < -0.3 is 15.2 Å². The third-order valence-electron chi connectivity index (χ3n) is 2.68. The van der Waals surface area contributed by atoms with Crippen LogP contribution in [-0.4, -0.2) is 23.6 Å². The molecular weight excluding hydrogens is 270 g/mol. The third-order valence-corrected chi connectivity index (χ3v) is 2.68. The lowest BCUT2D eigenvalue weighted by Gasteiger charge is -2.08. The van der Waals surface area contributed by atoms with Gasteiger partial charge in [0.2, 0.25) is 0 Å². The lowest BCUT2D eigenvalue weighted by Crippen LogP contribution is -2.20. The number of aliphatic carboxylic acids is 1. The van der Waals surface area contributed by atoms with E-state index in [1.54, 1.807) is 36.4 Å². The van der Waals surface area contributed by atoms with Gasteiger partial charge in [0.15, 0.2) is 6.61 Å². The molecule has 2 aromatic carbocycles. The monoisotopic (exact) mass is 285 g/mol. The Balaban J connectivity index is 1.89. The van der Waals surface area contributed by atoms with E-state index in [1.807, 2.05) is 18.2 Å². The lowest BCUT2D eigenvalue weighted by atomic mass is 10.1. The maximum absolute atomic E-state index is 11.8. The maximum Gasteiger partial charge on any atom is 0.307 e. The summed E-state index contributed by atoms with van der Waals surface area (Å²) in [5.41, 5.74) is 1.18. The molecule has 2 rings (SSSR count). The van der Waals surface area contributed by atoms with Crippen LogP contribution in [0.4, 0.5) is 5.69 Å². The summed E-state index contributed by atoms with van der Waals surface area (Å²) in [4.78, 5) is 22.4. The number of hydrogen-bond donors (Lipinski definition) is 2. The number of benzene rings is 2. The van der Waals surface area contributed by atoms with Crippen LogP contribution in [-0.2, 0) is 16.0 Å². The van der Waals surface area contributed by atoms with E-state index in [-0.39, 0.29) is 18.9 Å². The molecule has 0 aliphatic carbocycles. The summed E-state index contributed by atoms with van der Waals surface area (Å²) < 4.78 is 5.33. The van der Waals surface area contributed by atoms with Crippen molar-refractivity contribution < 1.29 is 19.4 Å². The van der Waals surface area contributed by atoms with E-state index in [1.165, 1.54) is 0 Å². The molecule has 0 spiro atoms. The Morgan fingerprint density at radius 2 is 1.81 bits per heavy atom. The minimum atomic E-state index is -0.911. The standard InChI is InChI=1S/C16H15NO4/c18-15(11-21-14-7-2-1-3-8-14)17-13-6-4-5-12(9-13)10-16(19)20/h1-9H,10-11H2,(H,17,18)(H,19,20). The Bertz CT molecular complexity index is 625. The van der Waals surface area contributed by atoms with Gasteiger partial charge in [0, 0.05) is 5.69 Å². The second-order valence-electron chi connectivity index (χ2n) is 4.42. The van der Waals surface area contributed by atoms with Gasteiger partial charge in [-0.15, -0.1) is 0 Å². The summed E-state index contributed by atoms with van der Waals surface area (Å²) in [6.07, 6.45) is -0.0791. The zero-order chi connectivity index (χ0) is 15.1. The smallest absolute Gasteiger partial charge is 0.307 e. The van der Waals surface area contributed by atoms with Crippen molar-refractivity contribution in [1.29, 1.82) is 0 Å². The number of anilines is 1. The van der Waals surface area contributed by atoms with Crippen molar-refractivity contribution in [3.8, 4) is 5.75 Å². The summed E-state index contributed by atoms with van der Waals surface area (Å²) >= 11 is 0. The number of nitrogens with one attached hydrogen (secondary N) is 1. The predicted octanol–water partition coefficient (Wildman–Crippen LogP) is 2.33. The van der Waals surface area contributed by atoms with Gasteiger partial charge in [0.25, 0.3) is 5.91 Å². The van der Waals surface area contributed by atoms with Crippen LogP contribution in [0, 0.1) is 0 Å². The minimum absolute atomic E-state index is 0.0791. The summed E-state index contributed by atoms with van der Waals surface area (Å²) in [5, 5.41) is 11.4. The quantitative estimate of drug-likeness (QED) is 0.854. The molecule has 0 saturated heterocycles. The van der Waals surface area contributed by atoms with Crippen molar-refractivity contribution >= 4 is 17.6 Å².